The van der Waals surface area contributed by atoms with Crippen LogP contribution in [0.25, 0.3) is 17.3 Å². The Labute approximate surface area is 87.2 Å². The Morgan fingerprint density at radius 2 is 2.14 bits per heavy atom. The van der Waals surface area contributed by atoms with E-state index in [0.717, 1.165) is 17.0 Å². The van der Waals surface area contributed by atoms with E-state index in [1.807, 2.05) is 30.3 Å². The van der Waals surface area contributed by atoms with Crippen LogP contribution in [-0.2, 0) is 0 Å². The summed E-state index contributed by atoms with van der Waals surface area (Å²) in [5.74, 6) is 0. The van der Waals surface area contributed by atoms with Crippen molar-refractivity contribution >= 4 is 17.7 Å². The number of nitrogens with one attached hydrogen (secondary N) is 1. The Bertz CT molecular complexity index is 460. The molecule has 0 aliphatic rings. The molecule has 0 bridgehead atoms. The van der Waals surface area contributed by atoms with Crippen LogP contribution in [0.5, 0.6) is 0 Å². The second-order valence-corrected chi connectivity index (χ2v) is 3.30. The van der Waals surface area contributed by atoms with Gasteiger partial charge >= 0.3 is 0 Å². The third kappa shape index (κ3) is 1.56. The topological polar surface area (TPSA) is 28.7 Å². The van der Waals surface area contributed by atoms with E-state index in [0.29, 0.717) is 5.02 Å². The summed E-state index contributed by atoms with van der Waals surface area (Å²) in [5, 5.41) is 7.70. The van der Waals surface area contributed by atoms with E-state index in [-0.39, 0.29) is 0 Å². The van der Waals surface area contributed by atoms with Gasteiger partial charge in [0.2, 0.25) is 0 Å². The van der Waals surface area contributed by atoms with Crippen molar-refractivity contribution in [2.75, 3.05) is 0 Å². The summed E-state index contributed by atoms with van der Waals surface area (Å²) in [4.78, 5) is 0. The standard InChI is InChI=1S/C11H9ClN2/c1-2-8-7-11(14-13-8)9-5-3-4-6-10(9)12/h2-7H,1H2,(H,13,14). The minimum Gasteiger partial charge on any atom is -0.278 e. The predicted molar refractivity (Wildman–Crippen MR) is 59.1 cm³/mol. The lowest BCUT2D eigenvalue weighted by molar-refractivity contribution is 1.08. The van der Waals surface area contributed by atoms with E-state index in [9.17, 15) is 0 Å². The van der Waals surface area contributed by atoms with Crippen LogP contribution in [0.15, 0.2) is 36.9 Å². The quantitative estimate of drug-likeness (QED) is 0.799. The van der Waals surface area contributed by atoms with Crippen LogP contribution in [0.4, 0.5) is 0 Å². The zero-order chi connectivity index (χ0) is 9.97. The largest absolute Gasteiger partial charge is 0.278 e. The summed E-state index contributed by atoms with van der Waals surface area (Å²) in [7, 11) is 0. The third-order valence-electron chi connectivity index (χ3n) is 1.97. The molecular formula is C11H9ClN2. The van der Waals surface area contributed by atoms with Crippen LogP contribution in [0.1, 0.15) is 5.69 Å². The maximum atomic E-state index is 6.03. The molecule has 2 rings (SSSR count). The predicted octanol–water partition coefficient (Wildman–Crippen LogP) is 3.37. The fraction of sp³-hybridized carbons (Fsp3) is 0. The first kappa shape index (κ1) is 9.03. The number of halogens is 1. The van der Waals surface area contributed by atoms with Gasteiger partial charge in [-0.15, -0.1) is 0 Å². The maximum Gasteiger partial charge on any atom is 0.0941 e. The molecule has 1 aromatic carbocycles. The van der Waals surface area contributed by atoms with E-state index < -0.39 is 0 Å². The molecule has 1 aromatic heterocycles. The highest BCUT2D eigenvalue weighted by Gasteiger charge is 2.05. The molecular weight excluding hydrogens is 196 g/mol. The van der Waals surface area contributed by atoms with Gasteiger partial charge in [0.1, 0.15) is 0 Å². The van der Waals surface area contributed by atoms with Gasteiger partial charge in [0.25, 0.3) is 0 Å². The lowest BCUT2D eigenvalue weighted by Gasteiger charge is -1.97. The Morgan fingerprint density at radius 1 is 1.36 bits per heavy atom. The number of aromatic nitrogens is 2. The molecule has 3 heteroatoms. The van der Waals surface area contributed by atoms with Gasteiger partial charge in [-0.3, -0.25) is 5.10 Å². The second-order valence-electron chi connectivity index (χ2n) is 2.89. The molecule has 0 fully saturated rings. The fourth-order valence-electron chi connectivity index (χ4n) is 1.25. The highest BCUT2D eigenvalue weighted by molar-refractivity contribution is 6.33. The van der Waals surface area contributed by atoms with Crippen molar-refractivity contribution < 1.29 is 0 Å². The number of rotatable bonds is 2. The third-order valence-corrected chi connectivity index (χ3v) is 2.30. The number of aromatic amines is 1. The van der Waals surface area contributed by atoms with Crippen molar-refractivity contribution in [3.05, 3.63) is 47.6 Å². The molecule has 1 N–H and O–H groups in total. The molecule has 0 aliphatic carbocycles. The van der Waals surface area contributed by atoms with E-state index in [2.05, 4.69) is 16.8 Å². The summed E-state index contributed by atoms with van der Waals surface area (Å²) in [5.41, 5.74) is 2.66. The Balaban J connectivity index is 2.49. The normalized spacial score (nSPS) is 10.1. The summed E-state index contributed by atoms with van der Waals surface area (Å²) in [6, 6.07) is 9.52. The van der Waals surface area contributed by atoms with Crippen LogP contribution >= 0.6 is 11.6 Å². The van der Waals surface area contributed by atoms with Gasteiger partial charge in [-0.25, -0.2) is 0 Å². The van der Waals surface area contributed by atoms with Crippen LogP contribution in [0, 0.1) is 0 Å². The Kier molecular flexibility index (Phi) is 2.37. The minimum absolute atomic E-state index is 0.703. The van der Waals surface area contributed by atoms with Crippen LogP contribution in [0.2, 0.25) is 5.02 Å². The lowest BCUT2D eigenvalue weighted by atomic mass is 10.1. The van der Waals surface area contributed by atoms with Crippen molar-refractivity contribution in [2.45, 2.75) is 0 Å². The highest BCUT2D eigenvalue weighted by Crippen LogP contribution is 2.26. The molecule has 70 valence electrons. The van der Waals surface area contributed by atoms with Crippen LogP contribution < -0.4 is 0 Å². The number of hydrogen-bond acceptors (Lipinski definition) is 1. The van der Waals surface area contributed by atoms with Gasteiger partial charge in [-0.2, -0.15) is 5.10 Å². The molecule has 2 aromatic rings. The van der Waals surface area contributed by atoms with Gasteiger partial charge in [0.15, 0.2) is 0 Å². The molecule has 0 saturated heterocycles. The van der Waals surface area contributed by atoms with Crippen molar-refractivity contribution in [1.82, 2.24) is 10.2 Å². The lowest BCUT2D eigenvalue weighted by Crippen LogP contribution is -1.78. The van der Waals surface area contributed by atoms with Gasteiger partial charge in [0, 0.05) is 5.56 Å². The van der Waals surface area contributed by atoms with Crippen LogP contribution in [0.3, 0.4) is 0 Å². The molecule has 0 saturated carbocycles. The van der Waals surface area contributed by atoms with Gasteiger partial charge in [0.05, 0.1) is 16.4 Å². The monoisotopic (exact) mass is 204 g/mol. The van der Waals surface area contributed by atoms with E-state index >= 15 is 0 Å². The molecule has 14 heavy (non-hydrogen) atoms. The molecule has 1 heterocycles. The Morgan fingerprint density at radius 3 is 2.79 bits per heavy atom. The molecule has 0 aliphatic heterocycles. The maximum absolute atomic E-state index is 6.03. The average Bonchev–Trinajstić information content (AvgIpc) is 2.67. The summed E-state index contributed by atoms with van der Waals surface area (Å²) < 4.78 is 0. The number of nitrogens with zero attached hydrogens (tertiary/aromatic N) is 1. The molecule has 0 unspecified atom stereocenters. The van der Waals surface area contributed by atoms with E-state index in [1.54, 1.807) is 6.08 Å². The fourth-order valence-corrected chi connectivity index (χ4v) is 1.48. The van der Waals surface area contributed by atoms with Gasteiger partial charge < -0.3 is 0 Å². The minimum atomic E-state index is 0.703. The molecule has 0 spiro atoms. The number of benzene rings is 1. The van der Waals surface area contributed by atoms with Crippen LogP contribution in [-0.4, -0.2) is 10.2 Å². The number of hydrogen-bond donors (Lipinski definition) is 1. The van der Waals surface area contributed by atoms with Gasteiger partial charge in [-0.05, 0) is 18.2 Å². The second kappa shape index (κ2) is 3.68. The number of H-pyrrole nitrogens is 1. The average molecular weight is 205 g/mol. The van der Waals surface area contributed by atoms with E-state index in [4.69, 9.17) is 11.6 Å². The SMILES string of the molecule is C=Cc1cc(-c2ccccc2Cl)n[nH]1. The van der Waals surface area contributed by atoms with Crippen molar-refractivity contribution in [1.29, 1.82) is 0 Å². The highest BCUT2D eigenvalue weighted by atomic mass is 35.5. The Hall–Kier alpha value is -1.54. The molecule has 0 radical (unpaired) electrons. The first-order valence-corrected chi connectivity index (χ1v) is 4.62. The molecule has 0 atom stereocenters. The smallest absolute Gasteiger partial charge is 0.0941 e. The summed E-state index contributed by atoms with van der Waals surface area (Å²) in [6.45, 7) is 3.66. The molecule has 0 amide bonds. The van der Waals surface area contributed by atoms with Gasteiger partial charge in [-0.1, -0.05) is 36.4 Å². The first-order chi connectivity index (χ1) is 6.81. The summed E-state index contributed by atoms with van der Waals surface area (Å²) >= 11 is 6.03. The summed E-state index contributed by atoms with van der Waals surface area (Å²) in [6.07, 6.45) is 1.72. The van der Waals surface area contributed by atoms with Crippen molar-refractivity contribution in [3.63, 3.8) is 0 Å². The van der Waals surface area contributed by atoms with Crippen molar-refractivity contribution in [2.24, 2.45) is 0 Å². The zero-order valence-corrected chi connectivity index (χ0v) is 8.25. The zero-order valence-electron chi connectivity index (χ0n) is 7.50. The first-order valence-electron chi connectivity index (χ1n) is 4.24. The van der Waals surface area contributed by atoms with E-state index in [1.165, 1.54) is 0 Å². The molecule has 2 nitrogen and oxygen atoms in total. The van der Waals surface area contributed by atoms with Crippen molar-refractivity contribution in [3.8, 4) is 11.3 Å².